The second kappa shape index (κ2) is 6.47. The van der Waals surface area contributed by atoms with Crippen LogP contribution in [0.1, 0.15) is 19.3 Å². The fourth-order valence-corrected chi connectivity index (χ4v) is 3.01. The maximum absolute atomic E-state index is 6.03. The lowest BCUT2D eigenvalue weighted by molar-refractivity contribution is -0.412. The summed E-state index contributed by atoms with van der Waals surface area (Å²) in [4.78, 5) is 0. The summed E-state index contributed by atoms with van der Waals surface area (Å²) in [6.07, 6.45) is 1.31. The third kappa shape index (κ3) is 2.66. The molecule has 0 radical (unpaired) electrons. The summed E-state index contributed by atoms with van der Waals surface area (Å²) in [5.41, 5.74) is 0. The van der Waals surface area contributed by atoms with E-state index in [0.29, 0.717) is 6.61 Å². The van der Waals surface area contributed by atoms with Gasteiger partial charge in [0.05, 0.1) is 6.61 Å². The molecule has 2 saturated heterocycles. The predicted molar refractivity (Wildman–Crippen MR) is 66.8 cm³/mol. The van der Waals surface area contributed by atoms with Crippen LogP contribution in [0.4, 0.5) is 0 Å². The first-order valence-corrected chi connectivity index (χ1v) is 6.65. The number of hydrogen-bond acceptors (Lipinski definition) is 6. The predicted octanol–water partition coefficient (Wildman–Crippen LogP) is 0.931. The van der Waals surface area contributed by atoms with Crippen LogP contribution in [0.15, 0.2) is 0 Å². The lowest BCUT2D eigenvalue weighted by Crippen LogP contribution is -2.67. The third-order valence-corrected chi connectivity index (χ3v) is 3.94. The minimum absolute atomic E-state index is 0.299. The average molecular weight is 276 g/mol. The zero-order chi connectivity index (χ0) is 13.9. The Morgan fingerprint density at radius 2 is 1.63 bits per heavy atom. The van der Waals surface area contributed by atoms with Crippen LogP contribution in [0, 0.1) is 0 Å². The summed E-state index contributed by atoms with van der Waals surface area (Å²) in [6, 6.07) is 0. The second-order valence-corrected chi connectivity index (χ2v) is 4.90. The largest absolute Gasteiger partial charge is 0.376 e. The van der Waals surface area contributed by atoms with Crippen LogP contribution in [0.5, 0.6) is 0 Å². The Balaban J connectivity index is 2.28. The molecule has 1 spiro atoms. The molecule has 5 atom stereocenters. The fraction of sp³-hybridized carbons (Fsp3) is 1.00. The molecule has 2 aliphatic rings. The first kappa shape index (κ1) is 15.2. The SMILES string of the molecule is CO[C@@H]1O[C@]2(CCCCO2)[C@@H](OC)[C@H](OC)[C@H]1OC. The van der Waals surface area contributed by atoms with Gasteiger partial charge >= 0.3 is 0 Å². The van der Waals surface area contributed by atoms with E-state index in [1.54, 1.807) is 28.4 Å². The van der Waals surface area contributed by atoms with E-state index < -0.39 is 12.1 Å². The molecular weight excluding hydrogens is 252 g/mol. The van der Waals surface area contributed by atoms with Gasteiger partial charge in [0.15, 0.2) is 12.1 Å². The molecule has 2 aliphatic heterocycles. The summed E-state index contributed by atoms with van der Waals surface area (Å²) < 4.78 is 33.9. The van der Waals surface area contributed by atoms with E-state index in [4.69, 9.17) is 28.4 Å². The number of rotatable bonds is 4. The van der Waals surface area contributed by atoms with Gasteiger partial charge in [-0.2, -0.15) is 0 Å². The van der Waals surface area contributed by atoms with Crippen LogP contribution < -0.4 is 0 Å². The van der Waals surface area contributed by atoms with E-state index in [9.17, 15) is 0 Å². The van der Waals surface area contributed by atoms with E-state index in [0.717, 1.165) is 19.3 Å². The van der Waals surface area contributed by atoms with Crippen LogP contribution in [0.2, 0.25) is 0 Å². The van der Waals surface area contributed by atoms with Gasteiger partial charge in [-0.05, 0) is 12.8 Å². The molecule has 2 fully saturated rings. The molecule has 2 heterocycles. The molecule has 112 valence electrons. The van der Waals surface area contributed by atoms with E-state index in [1.165, 1.54) is 0 Å². The van der Waals surface area contributed by atoms with Crippen molar-refractivity contribution in [1.82, 2.24) is 0 Å². The third-order valence-electron chi connectivity index (χ3n) is 3.94. The van der Waals surface area contributed by atoms with Gasteiger partial charge in [0.2, 0.25) is 0 Å². The number of hydrogen-bond donors (Lipinski definition) is 0. The minimum atomic E-state index is -0.802. The number of ether oxygens (including phenoxy) is 6. The molecule has 6 heteroatoms. The Morgan fingerprint density at radius 1 is 0.895 bits per heavy atom. The second-order valence-electron chi connectivity index (χ2n) is 4.90. The van der Waals surface area contributed by atoms with Gasteiger partial charge in [-0.15, -0.1) is 0 Å². The van der Waals surface area contributed by atoms with Gasteiger partial charge in [0, 0.05) is 34.9 Å². The Morgan fingerprint density at radius 3 is 2.11 bits per heavy atom. The van der Waals surface area contributed by atoms with Crippen molar-refractivity contribution in [2.45, 2.75) is 49.7 Å². The van der Waals surface area contributed by atoms with Crippen molar-refractivity contribution in [3.05, 3.63) is 0 Å². The van der Waals surface area contributed by atoms with Crippen molar-refractivity contribution >= 4 is 0 Å². The molecule has 0 aromatic rings. The molecule has 0 unspecified atom stereocenters. The van der Waals surface area contributed by atoms with Gasteiger partial charge in [0.1, 0.15) is 18.3 Å². The first-order valence-electron chi connectivity index (χ1n) is 6.65. The van der Waals surface area contributed by atoms with E-state index in [2.05, 4.69) is 0 Å². The summed E-state index contributed by atoms with van der Waals surface area (Å²) in [7, 11) is 6.47. The number of methoxy groups -OCH3 is 4. The van der Waals surface area contributed by atoms with Crippen LogP contribution >= 0.6 is 0 Å². The summed E-state index contributed by atoms with van der Waals surface area (Å²) in [6.45, 7) is 0.657. The van der Waals surface area contributed by atoms with Gasteiger partial charge < -0.3 is 28.4 Å². The average Bonchev–Trinajstić information content (AvgIpc) is 2.46. The highest BCUT2D eigenvalue weighted by atomic mass is 16.8. The Labute approximate surface area is 114 Å². The molecule has 0 amide bonds. The highest BCUT2D eigenvalue weighted by molar-refractivity contribution is 4.98. The van der Waals surface area contributed by atoms with Gasteiger partial charge in [0.25, 0.3) is 0 Å². The normalized spacial score (nSPS) is 43.6. The van der Waals surface area contributed by atoms with Crippen molar-refractivity contribution in [2.24, 2.45) is 0 Å². The maximum Gasteiger partial charge on any atom is 0.200 e. The van der Waals surface area contributed by atoms with Crippen LogP contribution in [-0.4, -0.2) is 65.4 Å². The van der Waals surface area contributed by atoms with Crippen LogP contribution in [-0.2, 0) is 28.4 Å². The molecule has 0 aromatic heterocycles. The van der Waals surface area contributed by atoms with Crippen LogP contribution in [0.3, 0.4) is 0 Å². The van der Waals surface area contributed by atoms with Gasteiger partial charge in [-0.1, -0.05) is 0 Å². The fourth-order valence-electron chi connectivity index (χ4n) is 3.01. The Kier molecular flexibility index (Phi) is 5.16. The van der Waals surface area contributed by atoms with Crippen molar-refractivity contribution < 1.29 is 28.4 Å². The van der Waals surface area contributed by atoms with Gasteiger partial charge in [-0.25, -0.2) is 0 Å². The van der Waals surface area contributed by atoms with Crippen molar-refractivity contribution in [3.63, 3.8) is 0 Å². The van der Waals surface area contributed by atoms with Crippen molar-refractivity contribution in [1.29, 1.82) is 0 Å². The standard InChI is InChI=1S/C13H24O6/c1-14-9-10(15-2)12(17-4)19-13(11(9)16-3)7-5-6-8-18-13/h9-12H,5-8H2,1-4H3/t9-,10-,11+,12-,13-/m1/s1. The molecule has 0 aliphatic carbocycles. The molecule has 0 N–H and O–H groups in total. The first-order chi connectivity index (χ1) is 9.22. The summed E-state index contributed by atoms with van der Waals surface area (Å²) in [5, 5.41) is 0. The molecule has 0 aromatic carbocycles. The highest BCUT2D eigenvalue weighted by Crippen LogP contribution is 2.40. The van der Waals surface area contributed by atoms with E-state index >= 15 is 0 Å². The van der Waals surface area contributed by atoms with Gasteiger partial charge in [-0.3, -0.25) is 0 Å². The van der Waals surface area contributed by atoms with Crippen molar-refractivity contribution in [3.8, 4) is 0 Å². The molecule has 0 saturated carbocycles. The Bertz CT molecular complexity index is 278. The summed E-state index contributed by atoms with van der Waals surface area (Å²) in [5.74, 6) is -0.802. The smallest absolute Gasteiger partial charge is 0.200 e. The van der Waals surface area contributed by atoms with E-state index in [-0.39, 0.29) is 18.3 Å². The maximum atomic E-state index is 6.03. The van der Waals surface area contributed by atoms with Crippen molar-refractivity contribution in [2.75, 3.05) is 35.0 Å². The lowest BCUT2D eigenvalue weighted by atomic mass is 9.90. The zero-order valence-electron chi connectivity index (χ0n) is 12.1. The molecule has 2 rings (SSSR count). The topological polar surface area (TPSA) is 55.4 Å². The Hall–Kier alpha value is -0.240. The zero-order valence-corrected chi connectivity index (χ0v) is 12.1. The monoisotopic (exact) mass is 276 g/mol. The molecule has 6 nitrogen and oxygen atoms in total. The van der Waals surface area contributed by atoms with Crippen LogP contribution in [0.25, 0.3) is 0 Å². The molecular formula is C13H24O6. The highest BCUT2D eigenvalue weighted by Gasteiger charge is 2.57. The lowest BCUT2D eigenvalue weighted by Gasteiger charge is -2.52. The molecule has 0 bridgehead atoms. The molecule has 19 heavy (non-hydrogen) atoms. The summed E-state index contributed by atoms with van der Waals surface area (Å²) >= 11 is 0. The quantitative estimate of drug-likeness (QED) is 0.761. The van der Waals surface area contributed by atoms with E-state index in [1.807, 2.05) is 0 Å². The minimum Gasteiger partial charge on any atom is -0.376 e.